The summed E-state index contributed by atoms with van der Waals surface area (Å²) in [5, 5.41) is 5.57. The number of benzene rings is 6. The lowest BCUT2D eigenvalue weighted by atomic mass is 9.97. The molecule has 0 aliphatic rings. The number of nitrogens with zero attached hydrogens (tertiary/aromatic N) is 5. The van der Waals surface area contributed by atoms with Crippen LogP contribution in [0.15, 0.2) is 164 Å². The Morgan fingerprint density at radius 2 is 1.06 bits per heavy atom. The minimum atomic E-state index is 0.699. The zero-order valence-corrected chi connectivity index (χ0v) is 26.3. The second kappa shape index (κ2) is 10.9. The molecule has 0 unspecified atom stereocenters. The minimum absolute atomic E-state index is 0.699. The van der Waals surface area contributed by atoms with Crippen molar-refractivity contribution in [1.29, 1.82) is 0 Å². The number of rotatable bonds is 4. The molecule has 5 heteroatoms. The van der Waals surface area contributed by atoms with Gasteiger partial charge in [-0.2, -0.15) is 0 Å². The molecule has 228 valence electrons. The zero-order valence-electron chi connectivity index (χ0n) is 26.3. The van der Waals surface area contributed by atoms with E-state index in [0.29, 0.717) is 5.82 Å². The van der Waals surface area contributed by atoms with Gasteiger partial charge in [0.2, 0.25) is 0 Å². The largest absolute Gasteiger partial charge is 0.284 e. The van der Waals surface area contributed by atoms with Crippen LogP contribution in [0.25, 0.3) is 94.3 Å². The number of fused-ring (bicyclic) bond motifs is 7. The molecular formula is C44H27N5. The molecule has 0 saturated carbocycles. The number of para-hydroxylation sites is 1. The van der Waals surface area contributed by atoms with Gasteiger partial charge in [-0.25, -0.2) is 19.9 Å². The van der Waals surface area contributed by atoms with E-state index in [4.69, 9.17) is 19.9 Å². The highest BCUT2D eigenvalue weighted by atomic mass is 15.1. The number of aromatic nitrogens is 5. The molecule has 10 rings (SSSR count). The molecule has 6 aromatic carbocycles. The van der Waals surface area contributed by atoms with E-state index in [9.17, 15) is 0 Å². The molecular weight excluding hydrogens is 599 g/mol. The van der Waals surface area contributed by atoms with Gasteiger partial charge in [0.05, 0.1) is 16.9 Å². The monoisotopic (exact) mass is 625 g/mol. The Balaban J connectivity index is 1.12. The number of hydrogen-bond acceptors (Lipinski definition) is 4. The average Bonchev–Trinajstić information content (AvgIpc) is 3.56. The summed E-state index contributed by atoms with van der Waals surface area (Å²) in [5.41, 5.74) is 10.7. The van der Waals surface area contributed by atoms with E-state index in [2.05, 4.69) is 138 Å². The van der Waals surface area contributed by atoms with Crippen LogP contribution in [0.4, 0.5) is 0 Å². The van der Waals surface area contributed by atoms with Gasteiger partial charge in [0.25, 0.3) is 0 Å². The van der Waals surface area contributed by atoms with Crippen LogP contribution in [-0.4, -0.2) is 24.3 Å². The molecule has 0 amide bonds. The minimum Gasteiger partial charge on any atom is -0.284 e. The van der Waals surface area contributed by atoms with E-state index in [0.717, 1.165) is 77.7 Å². The van der Waals surface area contributed by atoms with Crippen molar-refractivity contribution in [3.8, 4) is 45.0 Å². The highest BCUT2D eigenvalue weighted by Gasteiger charge is 2.17. The maximum Gasteiger partial charge on any atom is 0.165 e. The molecule has 0 atom stereocenters. The summed E-state index contributed by atoms with van der Waals surface area (Å²) in [7, 11) is 0. The first kappa shape index (κ1) is 27.4. The van der Waals surface area contributed by atoms with Crippen LogP contribution in [-0.2, 0) is 0 Å². The Labute approximate surface area is 281 Å². The van der Waals surface area contributed by atoms with Crippen molar-refractivity contribution in [2.45, 2.75) is 0 Å². The molecule has 0 radical (unpaired) electrons. The summed E-state index contributed by atoms with van der Waals surface area (Å²) < 4.78 is 2.06. The van der Waals surface area contributed by atoms with Gasteiger partial charge >= 0.3 is 0 Å². The van der Waals surface area contributed by atoms with Gasteiger partial charge in [-0.15, -0.1) is 0 Å². The van der Waals surface area contributed by atoms with Crippen molar-refractivity contribution in [3.05, 3.63) is 164 Å². The predicted molar refractivity (Wildman–Crippen MR) is 200 cm³/mol. The Morgan fingerprint density at radius 1 is 0.408 bits per heavy atom. The van der Waals surface area contributed by atoms with Crippen LogP contribution in [0.3, 0.4) is 0 Å². The van der Waals surface area contributed by atoms with Crippen LogP contribution in [0, 0.1) is 0 Å². The fourth-order valence-corrected chi connectivity index (χ4v) is 7.08. The summed E-state index contributed by atoms with van der Waals surface area (Å²) in [6, 6.07) is 54.8. The summed E-state index contributed by atoms with van der Waals surface area (Å²) in [4.78, 5) is 20.5. The van der Waals surface area contributed by atoms with E-state index >= 15 is 0 Å². The topological polar surface area (TPSA) is 56.0 Å². The second-order valence-corrected chi connectivity index (χ2v) is 12.3. The molecule has 0 N–H and O–H groups in total. The van der Waals surface area contributed by atoms with Gasteiger partial charge in [0, 0.05) is 39.0 Å². The summed E-state index contributed by atoms with van der Waals surface area (Å²) >= 11 is 0. The maximum absolute atomic E-state index is 5.24. The zero-order chi connectivity index (χ0) is 32.3. The average molecular weight is 626 g/mol. The molecule has 0 aliphatic carbocycles. The molecule has 0 bridgehead atoms. The van der Waals surface area contributed by atoms with Gasteiger partial charge in [0.1, 0.15) is 11.2 Å². The van der Waals surface area contributed by atoms with Crippen LogP contribution in [0.2, 0.25) is 0 Å². The predicted octanol–water partition coefficient (Wildman–Crippen LogP) is 10.8. The molecule has 0 aliphatic heterocycles. The summed E-state index contributed by atoms with van der Waals surface area (Å²) in [6.45, 7) is 0. The van der Waals surface area contributed by atoms with Crippen LogP contribution in [0.1, 0.15) is 0 Å². The highest BCUT2D eigenvalue weighted by Crippen LogP contribution is 2.37. The molecule has 4 aromatic heterocycles. The fourth-order valence-electron chi connectivity index (χ4n) is 7.08. The lowest BCUT2D eigenvalue weighted by Crippen LogP contribution is -1.96. The van der Waals surface area contributed by atoms with Crippen molar-refractivity contribution in [2.24, 2.45) is 0 Å². The standard InChI is InChI=1S/C44H27N5/c1-2-18-33-28(12-1)13-11-22-34(33)41-37-21-5-6-23-38(37)45-43(47-41)32-17-10-15-30(27-32)29-14-9-16-31(26-29)40-35-19-3-4-20-36(35)42-44(48-40)49-25-8-7-24-39(49)46-42/h1-27H. The molecule has 0 saturated heterocycles. The highest BCUT2D eigenvalue weighted by molar-refractivity contribution is 6.09. The van der Waals surface area contributed by atoms with Crippen LogP contribution in [0.5, 0.6) is 0 Å². The number of pyridine rings is 2. The van der Waals surface area contributed by atoms with Gasteiger partial charge in [-0.1, -0.05) is 127 Å². The van der Waals surface area contributed by atoms with E-state index in [1.165, 1.54) is 10.8 Å². The van der Waals surface area contributed by atoms with Crippen molar-refractivity contribution in [2.75, 3.05) is 0 Å². The number of imidazole rings is 1. The summed E-state index contributed by atoms with van der Waals surface area (Å²) in [6.07, 6.45) is 2.03. The van der Waals surface area contributed by atoms with Crippen LogP contribution >= 0.6 is 0 Å². The van der Waals surface area contributed by atoms with Gasteiger partial charge < -0.3 is 0 Å². The van der Waals surface area contributed by atoms with Crippen LogP contribution < -0.4 is 0 Å². The molecule has 4 heterocycles. The van der Waals surface area contributed by atoms with Crippen molar-refractivity contribution in [1.82, 2.24) is 24.3 Å². The number of hydrogen-bond donors (Lipinski definition) is 0. The van der Waals surface area contributed by atoms with Crippen molar-refractivity contribution >= 4 is 49.3 Å². The summed E-state index contributed by atoms with van der Waals surface area (Å²) in [5.74, 6) is 0.699. The van der Waals surface area contributed by atoms with E-state index in [-0.39, 0.29) is 0 Å². The smallest absolute Gasteiger partial charge is 0.165 e. The molecule has 49 heavy (non-hydrogen) atoms. The SMILES string of the molecule is c1cc(-c2cccc(-c3nc4c(nc5ccccn54)c4ccccc34)c2)cc(-c2nc(-c3cccc4ccccc34)c3ccccc3n2)c1. The maximum atomic E-state index is 5.24. The Kier molecular flexibility index (Phi) is 6.11. The van der Waals surface area contributed by atoms with E-state index in [1.54, 1.807) is 0 Å². The first-order chi connectivity index (χ1) is 24.3. The van der Waals surface area contributed by atoms with Crippen molar-refractivity contribution < 1.29 is 0 Å². The van der Waals surface area contributed by atoms with Crippen molar-refractivity contribution in [3.63, 3.8) is 0 Å². The Bertz CT molecular complexity index is 2900. The Hall–Kier alpha value is -6.72. The molecule has 5 nitrogen and oxygen atoms in total. The molecule has 0 fully saturated rings. The second-order valence-electron chi connectivity index (χ2n) is 12.3. The first-order valence-electron chi connectivity index (χ1n) is 16.4. The van der Waals surface area contributed by atoms with Gasteiger partial charge in [-0.3, -0.25) is 4.40 Å². The first-order valence-corrected chi connectivity index (χ1v) is 16.4. The van der Waals surface area contributed by atoms with E-state index in [1.807, 2.05) is 30.5 Å². The Morgan fingerprint density at radius 3 is 1.94 bits per heavy atom. The lowest BCUT2D eigenvalue weighted by Gasteiger charge is -2.13. The molecule has 10 aromatic rings. The lowest BCUT2D eigenvalue weighted by molar-refractivity contribution is 1.19. The molecule has 0 spiro atoms. The normalized spacial score (nSPS) is 11.7. The van der Waals surface area contributed by atoms with E-state index < -0.39 is 0 Å². The van der Waals surface area contributed by atoms with Gasteiger partial charge in [0.15, 0.2) is 11.5 Å². The third-order valence-corrected chi connectivity index (χ3v) is 9.40. The fraction of sp³-hybridized carbons (Fsp3) is 0. The third-order valence-electron chi connectivity index (χ3n) is 9.40. The quantitative estimate of drug-likeness (QED) is 0.195. The van der Waals surface area contributed by atoms with Gasteiger partial charge in [-0.05, 0) is 52.2 Å². The third kappa shape index (κ3) is 4.48.